The Kier molecular flexibility index (Phi) is 3.21. The van der Waals surface area contributed by atoms with Crippen molar-refractivity contribution < 1.29 is 0 Å². The van der Waals surface area contributed by atoms with Crippen LogP contribution in [-0.4, -0.2) is 20.2 Å². The molecule has 0 aliphatic carbocycles. The van der Waals surface area contributed by atoms with Crippen molar-refractivity contribution in [2.24, 2.45) is 0 Å². The Balaban J connectivity index is 1.91. The Hall–Kier alpha value is -2.62. The standard InChI is InChI=1S/C16H14N4/c1-11-3-5-13(9-17-11)15-8-6-14(10-18-15)16-7-4-12(2)19-20-16/h3-10H,1-2H3. The van der Waals surface area contributed by atoms with Crippen LogP contribution < -0.4 is 0 Å². The van der Waals surface area contributed by atoms with Gasteiger partial charge in [0.1, 0.15) is 0 Å². The van der Waals surface area contributed by atoms with Crippen molar-refractivity contribution in [3.63, 3.8) is 0 Å². The predicted octanol–water partition coefficient (Wildman–Crippen LogP) is 3.22. The molecule has 3 aromatic heterocycles. The Morgan fingerprint density at radius 1 is 0.600 bits per heavy atom. The molecule has 20 heavy (non-hydrogen) atoms. The lowest BCUT2D eigenvalue weighted by atomic mass is 10.1. The van der Waals surface area contributed by atoms with E-state index in [-0.39, 0.29) is 0 Å². The summed E-state index contributed by atoms with van der Waals surface area (Å²) in [4.78, 5) is 8.75. The average molecular weight is 262 g/mol. The second kappa shape index (κ2) is 5.17. The normalized spacial score (nSPS) is 10.5. The Morgan fingerprint density at radius 3 is 1.85 bits per heavy atom. The van der Waals surface area contributed by atoms with E-state index in [0.717, 1.165) is 33.9 Å². The van der Waals surface area contributed by atoms with Gasteiger partial charge in [0.25, 0.3) is 0 Å². The van der Waals surface area contributed by atoms with Crippen LogP contribution in [-0.2, 0) is 0 Å². The zero-order valence-corrected chi connectivity index (χ0v) is 11.4. The van der Waals surface area contributed by atoms with E-state index in [1.54, 1.807) is 0 Å². The maximum Gasteiger partial charge on any atom is 0.0945 e. The van der Waals surface area contributed by atoms with E-state index in [0.29, 0.717) is 0 Å². The van der Waals surface area contributed by atoms with Gasteiger partial charge in [-0.25, -0.2) is 0 Å². The van der Waals surface area contributed by atoms with E-state index in [2.05, 4.69) is 20.2 Å². The van der Waals surface area contributed by atoms with Gasteiger partial charge in [0.05, 0.1) is 17.1 Å². The van der Waals surface area contributed by atoms with E-state index in [9.17, 15) is 0 Å². The molecule has 3 rings (SSSR count). The zero-order valence-electron chi connectivity index (χ0n) is 11.4. The Morgan fingerprint density at radius 2 is 1.25 bits per heavy atom. The highest BCUT2D eigenvalue weighted by atomic mass is 15.1. The first-order valence-corrected chi connectivity index (χ1v) is 6.42. The van der Waals surface area contributed by atoms with Crippen molar-refractivity contribution in [1.82, 2.24) is 20.2 Å². The van der Waals surface area contributed by atoms with Crippen molar-refractivity contribution in [1.29, 1.82) is 0 Å². The van der Waals surface area contributed by atoms with Crippen molar-refractivity contribution in [2.75, 3.05) is 0 Å². The van der Waals surface area contributed by atoms with Gasteiger partial charge in [-0.05, 0) is 50.2 Å². The van der Waals surface area contributed by atoms with E-state index >= 15 is 0 Å². The summed E-state index contributed by atoms with van der Waals surface area (Å²) < 4.78 is 0. The number of hydrogen-bond donors (Lipinski definition) is 0. The zero-order chi connectivity index (χ0) is 13.9. The molecule has 98 valence electrons. The van der Waals surface area contributed by atoms with Crippen LogP contribution in [0.15, 0.2) is 48.8 Å². The molecule has 0 fully saturated rings. The summed E-state index contributed by atoms with van der Waals surface area (Å²) in [5.74, 6) is 0. The molecule has 0 aromatic carbocycles. The van der Waals surface area contributed by atoms with E-state index in [1.165, 1.54) is 0 Å². The Labute approximate surface area is 117 Å². The van der Waals surface area contributed by atoms with Crippen LogP contribution in [0.3, 0.4) is 0 Å². The van der Waals surface area contributed by atoms with Crippen molar-refractivity contribution in [3.05, 3.63) is 60.2 Å². The highest BCUT2D eigenvalue weighted by molar-refractivity contribution is 5.63. The predicted molar refractivity (Wildman–Crippen MR) is 78.0 cm³/mol. The maximum atomic E-state index is 4.47. The largest absolute Gasteiger partial charge is 0.261 e. The lowest BCUT2D eigenvalue weighted by Crippen LogP contribution is -1.91. The first-order chi connectivity index (χ1) is 9.72. The van der Waals surface area contributed by atoms with E-state index in [1.807, 2.05) is 62.6 Å². The second-order valence-electron chi connectivity index (χ2n) is 4.68. The molecule has 4 nitrogen and oxygen atoms in total. The molecule has 0 spiro atoms. The molecule has 0 amide bonds. The summed E-state index contributed by atoms with van der Waals surface area (Å²) in [5.41, 5.74) is 5.61. The topological polar surface area (TPSA) is 51.6 Å². The van der Waals surface area contributed by atoms with E-state index in [4.69, 9.17) is 0 Å². The summed E-state index contributed by atoms with van der Waals surface area (Å²) >= 11 is 0. The molecular weight excluding hydrogens is 248 g/mol. The molecular formula is C16H14N4. The summed E-state index contributed by atoms with van der Waals surface area (Å²) in [6.07, 6.45) is 3.65. The number of hydrogen-bond acceptors (Lipinski definition) is 4. The minimum Gasteiger partial charge on any atom is -0.261 e. The van der Waals surface area contributed by atoms with Gasteiger partial charge in [-0.15, -0.1) is 0 Å². The summed E-state index contributed by atoms with van der Waals surface area (Å²) in [5, 5.41) is 8.22. The van der Waals surface area contributed by atoms with Gasteiger partial charge in [0, 0.05) is 29.2 Å². The van der Waals surface area contributed by atoms with Gasteiger partial charge < -0.3 is 0 Å². The molecule has 0 saturated carbocycles. The number of aryl methyl sites for hydroxylation is 2. The van der Waals surface area contributed by atoms with Crippen molar-refractivity contribution in [3.8, 4) is 22.5 Å². The third-order valence-corrected chi connectivity index (χ3v) is 3.06. The first kappa shape index (κ1) is 12.4. The quantitative estimate of drug-likeness (QED) is 0.711. The van der Waals surface area contributed by atoms with Gasteiger partial charge >= 0.3 is 0 Å². The highest BCUT2D eigenvalue weighted by Gasteiger charge is 2.03. The second-order valence-corrected chi connectivity index (χ2v) is 4.68. The molecule has 0 bridgehead atoms. The van der Waals surface area contributed by atoms with Crippen molar-refractivity contribution in [2.45, 2.75) is 13.8 Å². The summed E-state index contributed by atoms with van der Waals surface area (Å²) in [7, 11) is 0. The van der Waals surface area contributed by atoms with Gasteiger partial charge in [-0.3, -0.25) is 9.97 Å². The Bertz CT molecular complexity index is 636. The minimum absolute atomic E-state index is 0.830. The van der Waals surface area contributed by atoms with Crippen LogP contribution >= 0.6 is 0 Å². The number of nitrogens with zero attached hydrogens (tertiary/aromatic N) is 4. The monoisotopic (exact) mass is 262 g/mol. The van der Waals surface area contributed by atoms with Crippen LogP contribution in [0.4, 0.5) is 0 Å². The number of rotatable bonds is 2. The van der Waals surface area contributed by atoms with Crippen LogP contribution in [0.5, 0.6) is 0 Å². The summed E-state index contributed by atoms with van der Waals surface area (Å²) in [6, 6.07) is 11.9. The fourth-order valence-electron chi connectivity index (χ4n) is 1.89. The number of aromatic nitrogens is 4. The molecule has 0 aliphatic heterocycles. The lowest BCUT2D eigenvalue weighted by molar-refractivity contribution is 0.986. The molecule has 0 N–H and O–H groups in total. The van der Waals surface area contributed by atoms with Gasteiger partial charge in [0.15, 0.2) is 0 Å². The molecule has 0 radical (unpaired) electrons. The summed E-state index contributed by atoms with van der Waals surface area (Å²) in [6.45, 7) is 3.89. The van der Waals surface area contributed by atoms with E-state index < -0.39 is 0 Å². The van der Waals surface area contributed by atoms with Gasteiger partial charge in [0.2, 0.25) is 0 Å². The molecule has 3 aromatic rings. The molecule has 4 heteroatoms. The third kappa shape index (κ3) is 2.54. The molecule has 0 unspecified atom stereocenters. The average Bonchev–Trinajstić information content (AvgIpc) is 2.49. The molecule has 3 heterocycles. The molecule has 0 saturated heterocycles. The van der Waals surface area contributed by atoms with Crippen LogP contribution in [0, 0.1) is 13.8 Å². The number of pyridine rings is 2. The van der Waals surface area contributed by atoms with Crippen LogP contribution in [0.25, 0.3) is 22.5 Å². The van der Waals surface area contributed by atoms with Crippen LogP contribution in [0.1, 0.15) is 11.4 Å². The molecule has 0 aliphatic rings. The van der Waals surface area contributed by atoms with Gasteiger partial charge in [-0.1, -0.05) is 0 Å². The first-order valence-electron chi connectivity index (χ1n) is 6.42. The minimum atomic E-state index is 0.830. The maximum absolute atomic E-state index is 4.47. The highest BCUT2D eigenvalue weighted by Crippen LogP contribution is 2.20. The smallest absolute Gasteiger partial charge is 0.0945 e. The fraction of sp³-hybridized carbons (Fsp3) is 0.125. The van der Waals surface area contributed by atoms with Crippen LogP contribution in [0.2, 0.25) is 0 Å². The van der Waals surface area contributed by atoms with Crippen molar-refractivity contribution >= 4 is 0 Å². The molecule has 0 atom stereocenters. The fourth-order valence-corrected chi connectivity index (χ4v) is 1.89. The third-order valence-electron chi connectivity index (χ3n) is 3.06. The SMILES string of the molecule is Cc1ccc(-c2ccc(-c3ccc(C)nn3)cn2)cn1. The lowest BCUT2D eigenvalue weighted by Gasteiger charge is -2.03. The van der Waals surface area contributed by atoms with Gasteiger partial charge in [-0.2, -0.15) is 10.2 Å².